The van der Waals surface area contributed by atoms with Crippen molar-refractivity contribution in [3.63, 3.8) is 0 Å². The second-order valence-electron chi connectivity index (χ2n) is 30.5. The molecule has 0 aliphatic rings. The molecule has 7 aromatic carbocycles. The highest BCUT2D eigenvalue weighted by Crippen LogP contribution is 2.38. The molecule has 0 heterocycles. The number of esters is 1. The molecule has 0 aromatic heterocycles. The molecule has 0 bridgehead atoms. The van der Waals surface area contributed by atoms with E-state index in [0.717, 1.165) is 49.9 Å². The number of alkyl carbamates (subject to hydrolysis) is 2. The van der Waals surface area contributed by atoms with Gasteiger partial charge >= 0.3 is 36.0 Å². The lowest BCUT2D eigenvalue weighted by atomic mass is 9.86. The number of carboxylic acid groups (broad SMARTS) is 2. The number of hydrogen-bond donors (Lipinski definition) is 11. The third kappa shape index (κ3) is 37.4. The molecule has 0 aliphatic carbocycles. The molecular weight excluding hydrogens is 1570 g/mol. The Kier molecular flexibility index (Phi) is 44.6. The van der Waals surface area contributed by atoms with Crippen LogP contribution in [0.25, 0.3) is 0 Å². The number of benzene rings is 7. The Bertz CT molecular complexity index is 4310. The molecule has 13 N–H and O–H groups in total. The van der Waals surface area contributed by atoms with Crippen LogP contribution in [0.5, 0.6) is 0 Å². The van der Waals surface area contributed by atoms with Gasteiger partial charge in [-0.25, -0.2) is 31.2 Å². The Hall–Kier alpha value is -10.0. The number of methoxy groups -OCH3 is 1. The van der Waals surface area contributed by atoms with Gasteiger partial charge in [-0.05, 0) is 84.8 Å². The van der Waals surface area contributed by atoms with Crippen molar-refractivity contribution < 1.29 is 93.6 Å². The van der Waals surface area contributed by atoms with Crippen molar-refractivity contribution in [1.82, 2.24) is 25.4 Å². The monoisotopic (exact) mass is 1690 g/mol. The average molecular weight is 1700 g/mol. The van der Waals surface area contributed by atoms with Gasteiger partial charge in [0, 0.05) is 18.2 Å². The number of aliphatic hydroxyl groups excluding tert-OH is 1. The van der Waals surface area contributed by atoms with Crippen molar-refractivity contribution in [3.05, 3.63) is 223 Å². The largest absolute Gasteiger partial charge is 0.480 e. The minimum absolute atomic E-state index is 0.0368. The second kappa shape index (κ2) is 50.6. The molecule has 5 amide bonds. The number of nitrogens with one attached hydrogen (secondary N) is 6. The number of anilines is 1. The molecule has 7 aromatic rings. The summed E-state index contributed by atoms with van der Waals surface area (Å²) in [6, 6.07) is 63.4. The Balaban J connectivity index is 0.000000520. The van der Waals surface area contributed by atoms with E-state index in [9.17, 15) is 55.2 Å². The number of likely N-dealkylation sites (N-methyl/N-ethyl adjacent to an activating group) is 1. The fourth-order valence-electron chi connectivity index (χ4n) is 11.6. The van der Waals surface area contributed by atoms with Crippen molar-refractivity contribution in [2.24, 2.45) is 17.4 Å². The third-order valence-electron chi connectivity index (χ3n) is 17.5. The summed E-state index contributed by atoms with van der Waals surface area (Å²) in [7, 11) is -10.1. The lowest BCUT2D eigenvalue weighted by Gasteiger charge is -2.43. The average Bonchev–Trinajstić information content (AvgIpc) is 0.751. The van der Waals surface area contributed by atoms with E-state index in [1.54, 1.807) is 19.2 Å². The molecule has 32 heteroatoms. The first-order chi connectivity index (χ1) is 54.7. The zero-order chi connectivity index (χ0) is 88.4. The summed E-state index contributed by atoms with van der Waals surface area (Å²) < 4.78 is 78.0. The van der Waals surface area contributed by atoms with Crippen molar-refractivity contribution in [1.29, 1.82) is 0 Å². The number of ether oxygens (including phenoxy) is 3. The summed E-state index contributed by atoms with van der Waals surface area (Å²) in [5, 5.41) is 39.8. The van der Waals surface area contributed by atoms with Gasteiger partial charge in [0.25, 0.3) is 16.6 Å². The lowest BCUT2D eigenvalue weighted by Crippen LogP contribution is -2.67. The Morgan fingerprint density at radius 2 is 0.846 bits per heavy atom. The molecule has 5 atom stereocenters. The van der Waals surface area contributed by atoms with E-state index in [1.165, 1.54) is 7.11 Å². The number of amides is 5. The molecule has 0 fully saturated rings. The first-order valence-electron chi connectivity index (χ1n) is 37.9. The van der Waals surface area contributed by atoms with Crippen LogP contribution in [0.3, 0.4) is 0 Å². The van der Waals surface area contributed by atoms with Crippen LogP contribution < -0.4 is 62.9 Å². The van der Waals surface area contributed by atoms with Gasteiger partial charge in [0.15, 0.2) is 0 Å². The molecular formula is C85H122N8O20S2Si2. The number of hydrogen-bond acceptors (Lipinski definition) is 21. The number of aliphatic carboxylic acids is 2. The van der Waals surface area contributed by atoms with Crippen molar-refractivity contribution in [2.45, 2.75) is 175 Å². The molecule has 0 saturated carbocycles. The normalized spacial score (nSPS) is 12.7. The van der Waals surface area contributed by atoms with Gasteiger partial charge in [-0.3, -0.25) is 33.4 Å². The molecule has 0 unspecified atom stereocenters. The fourth-order valence-corrected chi connectivity index (χ4v) is 21.8. The maximum absolute atomic E-state index is 12.7. The van der Waals surface area contributed by atoms with Crippen LogP contribution >= 0.6 is 0 Å². The van der Waals surface area contributed by atoms with E-state index in [4.69, 9.17) is 45.1 Å². The summed E-state index contributed by atoms with van der Waals surface area (Å²) in [4.78, 5) is 90.7. The Morgan fingerprint density at radius 1 is 0.496 bits per heavy atom. The first kappa shape index (κ1) is 103. The predicted molar refractivity (Wildman–Crippen MR) is 462 cm³/mol. The Morgan fingerprint density at radius 3 is 1.14 bits per heavy atom. The molecule has 117 heavy (non-hydrogen) atoms. The molecule has 0 saturated heterocycles. The minimum atomic E-state index is -3.77. The van der Waals surface area contributed by atoms with Crippen LogP contribution in [-0.4, -0.2) is 173 Å². The number of rotatable bonds is 30. The van der Waals surface area contributed by atoms with Gasteiger partial charge < -0.3 is 71.1 Å². The number of carboxylic acids is 2. The van der Waals surface area contributed by atoms with Crippen molar-refractivity contribution in [2.75, 3.05) is 51.8 Å². The molecule has 0 aliphatic heterocycles. The highest BCUT2D eigenvalue weighted by molar-refractivity contribution is 7.89. The van der Waals surface area contributed by atoms with E-state index in [0.29, 0.717) is 18.5 Å². The lowest BCUT2D eigenvalue weighted by molar-refractivity contribution is -0.147. The minimum Gasteiger partial charge on any atom is -0.480 e. The van der Waals surface area contributed by atoms with Crippen LogP contribution in [0, 0.1) is 5.92 Å². The number of carbonyl (C=O) groups excluding carboxylic acids is 6. The number of nitrogens with two attached hydrogens (primary N) is 2. The molecule has 0 radical (unpaired) electrons. The van der Waals surface area contributed by atoms with Crippen molar-refractivity contribution in [3.8, 4) is 0 Å². The smallest absolute Gasteiger partial charge is 0.407 e. The zero-order valence-electron chi connectivity index (χ0n) is 70.2. The van der Waals surface area contributed by atoms with Crippen LogP contribution in [0.4, 0.5) is 15.3 Å². The van der Waals surface area contributed by atoms with Crippen LogP contribution in [-0.2, 0) is 90.5 Å². The van der Waals surface area contributed by atoms with Gasteiger partial charge in [0.2, 0.25) is 31.9 Å². The molecule has 0 spiro atoms. The van der Waals surface area contributed by atoms with E-state index >= 15 is 0 Å². The third-order valence-corrected chi connectivity index (χ3v) is 28.7. The van der Waals surface area contributed by atoms with Gasteiger partial charge in [-0.15, -0.1) is 0 Å². The van der Waals surface area contributed by atoms with Gasteiger partial charge in [-0.2, -0.15) is 0 Å². The quantitative estimate of drug-likeness (QED) is 0.00868. The second-order valence-corrected chi connectivity index (χ2v) is 42.7. The van der Waals surface area contributed by atoms with Crippen molar-refractivity contribution >= 4 is 111 Å². The highest BCUT2D eigenvalue weighted by Gasteiger charge is 2.52. The summed E-state index contributed by atoms with van der Waals surface area (Å²) in [6.45, 7) is 26.6. The number of aliphatic hydroxyl groups is 1. The van der Waals surface area contributed by atoms with E-state index < -0.39 is 96.7 Å². The molecule has 642 valence electrons. The summed E-state index contributed by atoms with van der Waals surface area (Å²) in [5.74, 6) is -4.86. The van der Waals surface area contributed by atoms with Gasteiger partial charge in [0.05, 0.1) is 57.9 Å². The van der Waals surface area contributed by atoms with Gasteiger partial charge in [-0.1, -0.05) is 290 Å². The number of sulfonamides is 2. The summed E-state index contributed by atoms with van der Waals surface area (Å²) >= 11 is 0. The van der Waals surface area contributed by atoms with E-state index in [1.807, 2.05) is 228 Å². The maximum atomic E-state index is 12.7. The summed E-state index contributed by atoms with van der Waals surface area (Å²) in [5.41, 5.74) is 14.6. The Labute approximate surface area is 692 Å². The van der Waals surface area contributed by atoms with E-state index in [-0.39, 0.29) is 85.3 Å². The van der Waals surface area contributed by atoms with Crippen LogP contribution in [0.15, 0.2) is 206 Å². The first-order valence-corrected chi connectivity index (χ1v) is 45.5. The summed E-state index contributed by atoms with van der Waals surface area (Å²) in [6.07, 6.45) is 1.47. The predicted octanol–water partition coefficient (Wildman–Crippen LogP) is 8.58. The fraction of sp³-hybridized carbons (Fsp3) is 0.412. The molecule has 28 nitrogen and oxygen atoms in total. The highest BCUT2D eigenvalue weighted by atomic mass is 32.2. The SMILES string of the molecule is CC(C)(C)[Si](OC[C@@H](N)CC(=O)NS(C)(=O)=O)(c1ccccc1)c1ccccc1.CC(C)(C)[Si](OC[C@H](CC(=O)NS(C)(=O)=O)NC(=O)OCc1ccccc1)(c1ccccc1)c1ccccc1.CC(C)(C)c1ccccc1NC(=O)C(=O)O.CC[C@@H](CO)NC(=O)OCc1ccccc1.CC[C@H](NC)C(=O)O.COC(=O)[C@@H](N)C(C)C. The number of para-hydroxylation sites is 1. The maximum Gasteiger partial charge on any atom is 0.407 e. The van der Waals surface area contributed by atoms with E-state index in [2.05, 4.69) is 91.8 Å². The van der Waals surface area contributed by atoms with Crippen LogP contribution in [0.2, 0.25) is 10.1 Å². The standard InChI is InChI=1S/C29H36N2O6SSi.C21H30N2O4SSi.C12H15NO3.C12H17NO3.C6H13NO2.C5H11NO2/c1-29(2,3)39(25-16-10-6-11-17-25,26-18-12-7-13-19-26)37-22-24(20-27(32)31-38(4,34)35)30-28(33)36-21-23-14-8-5-9-15-23;1-21(2,3)29(18-11-7-5-8-12-18,19-13-9-6-10-14-19)27-16-17(22)15-20(24)23-28(4,25)26;1-12(2,3)8-6-4-5-7-9(8)13-10(14)11(15)16;1-2-11(8-14)13-12(15)16-9-10-6-4-3-5-7-10;1-4(2)5(7)6(8)9-3;1-3-4(6-2)5(7)8/h5-19,24H,20-22H2,1-4H3,(H,30,33)(H,31,32);5-14,17H,15-16,22H2,1-4H3,(H,23,24);4-7H,1-3H3,(H,13,14)(H,15,16);3-7,11,14H,2,8-9H2,1H3,(H,13,15);4-5H,7H2,1-3H3;4,6H,3H2,1-2H3,(H,7,8)/t24-;17-;;11-;5-;4-/m00.000/s1. The zero-order valence-corrected chi connectivity index (χ0v) is 73.8. The van der Waals surface area contributed by atoms with Crippen LogP contribution in [0.1, 0.15) is 132 Å². The molecule has 7 rings (SSSR count). The number of carbonyl (C=O) groups is 8. The van der Waals surface area contributed by atoms with Gasteiger partial charge in [0.1, 0.15) is 25.3 Å². The topological polar surface area (TPSA) is 436 Å².